The number of phenols is 1. The molecule has 2 amide bonds. The van der Waals surface area contributed by atoms with Crippen LogP contribution in [0.25, 0.3) is 5.57 Å². The molecule has 3 aliphatic carbocycles. The van der Waals surface area contributed by atoms with Gasteiger partial charge in [-0.15, -0.1) is 0 Å². The van der Waals surface area contributed by atoms with E-state index < -0.39 is 53.9 Å². The molecular formula is C41H33BBrNO8. The molecule has 0 bridgehead atoms. The van der Waals surface area contributed by atoms with Gasteiger partial charge in [0.2, 0.25) is 11.8 Å². The minimum Gasteiger partial charge on any atom is -0.504 e. The molecule has 0 aromatic heterocycles. The number of imide groups is 1. The normalized spacial score (nSPS) is 26.6. The average Bonchev–Trinajstić information content (AvgIpc) is 3.42. The number of hydrogen-bond donors (Lipinski definition) is 3. The number of nitrogens with zero attached hydrogens (tertiary/aromatic N) is 1. The van der Waals surface area contributed by atoms with Crippen LogP contribution in [0.3, 0.4) is 0 Å². The number of methoxy groups -OCH3 is 1. The molecule has 6 atom stereocenters. The van der Waals surface area contributed by atoms with Gasteiger partial charge in [0.1, 0.15) is 0 Å². The van der Waals surface area contributed by atoms with Crippen LogP contribution in [0, 0.1) is 23.7 Å². The second-order valence-electron chi connectivity index (χ2n) is 13.8. The number of aromatic hydroxyl groups is 1. The van der Waals surface area contributed by atoms with Crippen molar-refractivity contribution >= 4 is 63.2 Å². The van der Waals surface area contributed by atoms with E-state index in [2.05, 4.69) is 15.9 Å². The highest BCUT2D eigenvalue weighted by Gasteiger charge is 2.66. The first-order chi connectivity index (χ1) is 25.1. The molecule has 4 aromatic carbocycles. The monoisotopic (exact) mass is 757 g/mol. The van der Waals surface area contributed by atoms with Gasteiger partial charge in [0.15, 0.2) is 23.1 Å². The molecule has 4 aliphatic rings. The summed E-state index contributed by atoms with van der Waals surface area (Å²) in [6.45, 7) is 0. The third-order valence-corrected chi connectivity index (χ3v) is 11.9. The van der Waals surface area contributed by atoms with Crippen molar-refractivity contribution in [2.24, 2.45) is 23.7 Å². The first kappa shape index (κ1) is 34.0. The van der Waals surface area contributed by atoms with Crippen LogP contribution in [-0.2, 0) is 24.6 Å². The van der Waals surface area contributed by atoms with Gasteiger partial charge in [-0.25, -0.2) is 0 Å². The molecule has 52 heavy (non-hydrogen) atoms. The quantitative estimate of drug-likeness (QED) is 0.144. The summed E-state index contributed by atoms with van der Waals surface area (Å²) in [5, 5.41) is 31.6. The third-order valence-electron chi connectivity index (χ3n) is 11.4. The highest BCUT2D eigenvalue weighted by molar-refractivity contribution is 9.10. The van der Waals surface area contributed by atoms with Gasteiger partial charge in [0.25, 0.3) is 0 Å². The zero-order chi connectivity index (χ0) is 36.5. The lowest BCUT2D eigenvalue weighted by Crippen LogP contribution is -2.58. The van der Waals surface area contributed by atoms with Crippen LogP contribution in [0.1, 0.15) is 35.4 Å². The smallest absolute Gasteiger partial charge is 0.488 e. The minimum atomic E-state index is -1.80. The van der Waals surface area contributed by atoms with Crippen molar-refractivity contribution in [1.29, 1.82) is 0 Å². The molecule has 0 spiro atoms. The zero-order valence-corrected chi connectivity index (χ0v) is 29.6. The van der Waals surface area contributed by atoms with Crippen molar-refractivity contribution in [3.8, 4) is 11.5 Å². The summed E-state index contributed by atoms with van der Waals surface area (Å²) in [4.78, 5) is 60.1. The van der Waals surface area contributed by atoms with Crippen molar-refractivity contribution in [1.82, 2.24) is 0 Å². The fourth-order valence-corrected chi connectivity index (χ4v) is 9.72. The molecule has 11 heteroatoms. The largest absolute Gasteiger partial charge is 0.504 e. The number of hydrogen-bond acceptors (Lipinski definition) is 8. The number of fused-ring (bicyclic) bond motifs is 4. The molecule has 1 saturated heterocycles. The lowest BCUT2D eigenvalue weighted by Gasteiger charge is -2.55. The minimum absolute atomic E-state index is 0.0985. The van der Waals surface area contributed by atoms with Crippen molar-refractivity contribution in [3.63, 3.8) is 0 Å². The number of anilines is 1. The number of allylic oxidation sites excluding steroid dienone is 4. The van der Waals surface area contributed by atoms with Crippen LogP contribution in [0.5, 0.6) is 11.5 Å². The van der Waals surface area contributed by atoms with E-state index in [9.17, 15) is 24.7 Å². The van der Waals surface area contributed by atoms with Gasteiger partial charge in [0.05, 0.1) is 30.0 Å². The van der Waals surface area contributed by atoms with E-state index in [0.29, 0.717) is 26.7 Å². The van der Waals surface area contributed by atoms with Crippen LogP contribution in [0.2, 0.25) is 0 Å². The number of ether oxygens (including phenoxy) is 1. The van der Waals surface area contributed by atoms with Crippen LogP contribution in [-0.4, -0.2) is 52.8 Å². The number of carbonyl (C=O) groups is 4. The van der Waals surface area contributed by atoms with Crippen LogP contribution in [0.15, 0.2) is 119 Å². The highest BCUT2D eigenvalue weighted by atomic mass is 79.9. The average molecular weight is 758 g/mol. The fraction of sp³-hybridized carbons (Fsp3) is 0.220. The Kier molecular flexibility index (Phi) is 8.40. The number of amides is 2. The molecule has 4 aromatic rings. The Balaban J connectivity index is 1.37. The Labute approximate surface area is 308 Å². The number of rotatable bonds is 6. The summed E-state index contributed by atoms with van der Waals surface area (Å²) in [7, 11) is -0.369. The van der Waals surface area contributed by atoms with Gasteiger partial charge in [-0.2, -0.15) is 0 Å². The molecule has 3 N–H and O–H groups in total. The number of carbonyl (C=O) groups excluding carboxylic acids is 4. The highest BCUT2D eigenvalue weighted by Crippen LogP contribution is 2.65. The van der Waals surface area contributed by atoms with Crippen LogP contribution < -0.4 is 15.1 Å². The van der Waals surface area contributed by atoms with E-state index in [0.717, 1.165) is 4.90 Å². The van der Waals surface area contributed by atoms with E-state index in [4.69, 9.17) is 4.74 Å². The molecule has 1 heterocycles. The van der Waals surface area contributed by atoms with Gasteiger partial charge in [-0.05, 0) is 65.7 Å². The number of phenolic OH excluding ortho intramolecular Hbond substituents is 1. The maximum atomic E-state index is 15.2. The summed E-state index contributed by atoms with van der Waals surface area (Å²) in [6.07, 6.45) is 3.63. The summed E-state index contributed by atoms with van der Waals surface area (Å²) < 4.78 is 6.15. The SMILES string of the molecule is COc1cc(Br)cc(C2C3=CCC4C(=O)N(c5cccc(B(O)O)c5)C(=O)C4C3CC3C(=O)C(c4ccccc4)=CC(=O)C32c2ccccc2)c1O. The molecule has 1 saturated carbocycles. The summed E-state index contributed by atoms with van der Waals surface area (Å²) in [5.74, 6) is -5.68. The molecule has 2 fully saturated rings. The molecule has 6 unspecified atom stereocenters. The standard InChI is InChI=1S/C41H33BBrNO8/c1-52-33-19-25(43)18-31(38(33)47)36-27-15-16-28-35(40(49)44(39(28)48)26-14-8-13-24(17-26)42(50)51)30(27)20-32-37(46)29(22-9-4-2-5-10-22)21-34(45)41(32,36)23-11-6-3-7-12-23/h2-15,17-19,21,28,30,32,35-36,47,50-51H,16,20H2,1H3. The second-order valence-corrected chi connectivity index (χ2v) is 14.7. The van der Waals surface area contributed by atoms with E-state index in [1.54, 1.807) is 48.5 Å². The maximum absolute atomic E-state index is 15.2. The van der Waals surface area contributed by atoms with Gasteiger partial charge >= 0.3 is 7.12 Å². The number of benzene rings is 4. The van der Waals surface area contributed by atoms with Gasteiger partial charge in [0, 0.05) is 27.4 Å². The van der Waals surface area contributed by atoms with Gasteiger partial charge < -0.3 is 19.9 Å². The van der Waals surface area contributed by atoms with Crippen LogP contribution in [0.4, 0.5) is 5.69 Å². The molecule has 8 rings (SSSR count). The summed E-state index contributed by atoms with van der Waals surface area (Å²) in [5.41, 5.74) is 1.33. The summed E-state index contributed by atoms with van der Waals surface area (Å²) in [6, 6.07) is 27.5. The molecule has 0 radical (unpaired) electrons. The topological polar surface area (TPSA) is 141 Å². The van der Waals surface area contributed by atoms with E-state index >= 15 is 9.59 Å². The zero-order valence-electron chi connectivity index (χ0n) is 28.0. The molecule has 260 valence electrons. The molecule has 9 nitrogen and oxygen atoms in total. The lowest BCUT2D eigenvalue weighted by atomic mass is 9.44. The van der Waals surface area contributed by atoms with Gasteiger partial charge in [-0.3, -0.25) is 24.1 Å². The Hall–Kier alpha value is -5.10. The maximum Gasteiger partial charge on any atom is 0.488 e. The predicted molar refractivity (Wildman–Crippen MR) is 198 cm³/mol. The Morgan fingerprint density at radius 1 is 0.865 bits per heavy atom. The van der Waals surface area contributed by atoms with E-state index in [1.165, 1.54) is 25.3 Å². The molecular weight excluding hydrogens is 725 g/mol. The Bertz CT molecular complexity index is 2220. The first-order valence-corrected chi connectivity index (χ1v) is 17.9. The number of ketones is 2. The van der Waals surface area contributed by atoms with Crippen LogP contribution >= 0.6 is 15.9 Å². The lowest BCUT2D eigenvalue weighted by molar-refractivity contribution is -0.135. The molecule has 1 aliphatic heterocycles. The third kappa shape index (κ3) is 4.98. The predicted octanol–water partition coefficient (Wildman–Crippen LogP) is 4.87. The summed E-state index contributed by atoms with van der Waals surface area (Å²) >= 11 is 3.57. The van der Waals surface area contributed by atoms with Crippen molar-refractivity contribution in [2.45, 2.75) is 24.2 Å². The Morgan fingerprint density at radius 2 is 1.58 bits per heavy atom. The number of halogens is 1. The Morgan fingerprint density at radius 3 is 2.27 bits per heavy atom. The first-order valence-electron chi connectivity index (χ1n) is 17.1. The van der Waals surface area contributed by atoms with Crippen molar-refractivity contribution < 1.29 is 39.1 Å². The fourth-order valence-electron chi connectivity index (χ4n) is 9.27. The second kappa shape index (κ2) is 12.8. The van der Waals surface area contributed by atoms with Crippen molar-refractivity contribution in [2.75, 3.05) is 12.0 Å². The number of Topliss-reactive ketones (excluding diaryl/α,β-unsaturated/α-hetero) is 1. The van der Waals surface area contributed by atoms with E-state index in [1.807, 2.05) is 42.5 Å². The van der Waals surface area contributed by atoms with E-state index in [-0.39, 0.29) is 52.6 Å². The van der Waals surface area contributed by atoms with Gasteiger partial charge in [-0.1, -0.05) is 100 Å². The van der Waals surface area contributed by atoms with Crippen molar-refractivity contribution in [3.05, 3.63) is 136 Å².